The number of fused-ring (bicyclic) bond motifs is 1. The molecule has 0 radical (unpaired) electrons. The summed E-state index contributed by atoms with van der Waals surface area (Å²) in [6, 6.07) is 10.0. The summed E-state index contributed by atoms with van der Waals surface area (Å²) >= 11 is 0. The lowest BCUT2D eigenvalue weighted by Gasteiger charge is -2.21. The first-order chi connectivity index (χ1) is 10.6. The molecule has 2 N–H and O–H groups in total. The lowest BCUT2D eigenvalue weighted by atomic mass is 10.1. The van der Waals surface area contributed by atoms with Gasteiger partial charge in [0.2, 0.25) is 5.91 Å². The Balaban J connectivity index is 1.86. The van der Waals surface area contributed by atoms with Gasteiger partial charge in [-0.2, -0.15) is 0 Å². The molecule has 5 heteroatoms. The Labute approximate surface area is 131 Å². The zero-order chi connectivity index (χ0) is 15.9. The first-order valence-electron chi connectivity index (χ1n) is 7.52. The maximum atomic E-state index is 11.9. The molecule has 0 aliphatic rings. The van der Waals surface area contributed by atoms with Gasteiger partial charge < -0.3 is 10.4 Å². The van der Waals surface area contributed by atoms with Crippen LogP contribution in [0.2, 0.25) is 0 Å². The van der Waals surface area contributed by atoms with Crippen LogP contribution in [-0.2, 0) is 11.2 Å². The van der Waals surface area contributed by atoms with Crippen LogP contribution >= 0.6 is 0 Å². The van der Waals surface area contributed by atoms with Crippen LogP contribution in [0.25, 0.3) is 10.9 Å². The summed E-state index contributed by atoms with van der Waals surface area (Å²) in [5.74, 6) is -0.0315. The minimum absolute atomic E-state index is 0.0204. The van der Waals surface area contributed by atoms with Gasteiger partial charge in [-0.1, -0.05) is 24.3 Å². The SMILES string of the molecule is CC(CO)N(C)CC(=O)NCCc1cccc2cccnc12. The van der Waals surface area contributed by atoms with Gasteiger partial charge in [0.25, 0.3) is 0 Å². The third-order valence-electron chi connectivity index (χ3n) is 3.84. The molecule has 0 aliphatic heterocycles. The molecule has 2 aromatic rings. The van der Waals surface area contributed by atoms with Crippen LogP contribution in [0.3, 0.4) is 0 Å². The zero-order valence-electron chi connectivity index (χ0n) is 13.1. The molecule has 5 nitrogen and oxygen atoms in total. The minimum Gasteiger partial charge on any atom is -0.395 e. The third-order valence-corrected chi connectivity index (χ3v) is 3.84. The summed E-state index contributed by atoms with van der Waals surface area (Å²) in [5, 5.41) is 13.1. The average Bonchev–Trinajstić information content (AvgIpc) is 2.54. The normalized spacial score (nSPS) is 12.5. The maximum Gasteiger partial charge on any atom is 0.234 e. The topological polar surface area (TPSA) is 65.5 Å². The number of carbonyl (C=O) groups excluding carboxylic acids is 1. The van der Waals surface area contributed by atoms with Crippen LogP contribution in [-0.4, -0.2) is 53.7 Å². The van der Waals surface area contributed by atoms with E-state index in [0.717, 1.165) is 22.9 Å². The fourth-order valence-electron chi connectivity index (χ4n) is 2.28. The summed E-state index contributed by atoms with van der Waals surface area (Å²) in [6.45, 7) is 2.80. The highest BCUT2D eigenvalue weighted by Gasteiger charge is 2.11. The Morgan fingerprint density at radius 1 is 1.36 bits per heavy atom. The lowest BCUT2D eigenvalue weighted by Crippen LogP contribution is -2.41. The molecule has 1 unspecified atom stereocenters. The van der Waals surface area contributed by atoms with Crippen molar-refractivity contribution in [3.05, 3.63) is 42.1 Å². The number of pyridine rings is 1. The van der Waals surface area contributed by atoms with E-state index in [1.165, 1.54) is 0 Å². The summed E-state index contributed by atoms with van der Waals surface area (Å²) in [7, 11) is 1.83. The van der Waals surface area contributed by atoms with Crippen LogP contribution in [0.15, 0.2) is 36.5 Å². The molecule has 1 atom stereocenters. The maximum absolute atomic E-state index is 11.9. The number of nitrogens with zero attached hydrogens (tertiary/aromatic N) is 2. The van der Waals surface area contributed by atoms with Crippen molar-refractivity contribution in [2.24, 2.45) is 0 Å². The predicted octanol–water partition coefficient (Wildman–Crippen LogP) is 1.21. The average molecular weight is 301 g/mol. The van der Waals surface area contributed by atoms with E-state index in [2.05, 4.69) is 10.3 Å². The molecule has 0 aliphatic carbocycles. The van der Waals surface area contributed by atoms with Crippen LogP contribution in [0, 0.1) is 0 Å². The molecule has 1 heterocycles. The van der Waals surface area contributed by atoms with E-state index >= 15 is 0 Å². The van der Waals surface area contributed by atoms with E-state index in [1.54, 1.807) is 6.20 Å². The number of nitrogens with one attached hydrogen (secondary N) is 1. The van der Waals surface area contributed by atoms with E-state index in [1.807, 2.05) is 49.2 Å². The standard InChI is InChI=1S/C17H23N3O2/c1-13(12-21)20(2)11-16(22)18-10-8-15-6-3-5-14-7-4-9-19-17(14)15/h3-7,9,13,21H,8,10-12H2,1-2H3,(H,18,22). The van der Waals surface area contributed by atoms with Crippen LogP contribution in [0.5, 0.6) is 0 Å². The van der Waals surface area contributed by atoms with Crippen LogP contribution in [0.1, 0.15) is 12.5 Å². The second kappa shape index (κ2) is 7.87. The van der Waals surface area contributed by atoms with Crippen molar-refractivity contribution >= 4 is 16.8 Å². The number of aromatic nitrogens is 1. The molecule has 0 fully saturated rings. The van der Waals surface area contributed by atoms with Crippen molar-refractivity contribution in [2.45, 2.75) is 19.4 Å². The van der Waals surface area contributed by atoms with Crippen molar-refractivity contribution in [1.82, 2.24) is 15.2 Å². The summed E-state index contributed by atoms with van der Waals surface area (Å²) in [6.07, 6.45) is 2.54. The van der Waals surface area contributed by atoms with Crippen LogP contribution in [0.4, 0.5) is 0 Å². The number of carbonyl (C=O) groups is 1. The Hall–Kier alpha value is -1.98. The zero-order valence-corrected chi connectivity index (χ0v) is 13.1. The second-order valence-electron chi connectivity index (χ2n) is 5.54. The van der Waals surface area contributed by atoms with E-state index in [-0.39, 0.29) is 25.1 Å². The Kier molecular flexibility index (Phi) is 5.86. The number of amides is 1. The van der Waals surface area contributed by atoms with Gasteiger partial charge in [0, 0.05) is 24.2 Å². The van der Waals surface area contributed by atoms with Crippen molar-refractivity contribution in [2.75, 3.05) is 26.7 Å². The fraction of sp³-hybridized carbons (Fsp3) is 0.412. The number of hydrogen-bond acceptors (Lipinski definition) is 4. The number of hydrogen-bond donors (Lipinski definition) is 2. The summed E-state index contributed by atoms with van der Waals surface area (Å²) < 4.78 is 0. The molecule has 22 heavy (non-hydrogen) atoms. The van der Waals surface area contributed by atoms with Gasteiger partial charge in [-0.25, -0.2) is 0 Å². The molecule has 0 bridgehead atoms. The predicted molar refractivity (Wildman–Crippen MR) is 87.6 cm³/mol. The quantitative estimate of drug-likeness (QED) is 0.807. The molecular formula is C17H23N3O2. The lowest BCUT2D eigenvalue weighted by molar-refractivity contribution is -0.122. The largest absolute Gasteiger partial charge is 0.395 e. The highest BCUT2D eigenvalue weighted by Crippen LogP contribution is 2.15. The van der Waals surface area contributed by atoms with Gasteiger partial charge in [-0.05, 0) is 32.0 Å². The van der Waals surface area contributed by atoms with Gasteiger partial charge >= 0.3 is 0 Å². The van der Waals surface area contributed by atoms with Crippen LogP contribution < -0.4 is 5.32 Å². The highest BCUT2D eigenvalue weighted by atomic mass is 16.3. The molecule has 0 spiro atoms. The van der Waals surface area contributed by atoms with E-state index < -0.39 is 0 Å². The smallest absolute Gasteiger partial charge is 0.234 e. The van der Waals surface area contributed by atoms with Gasteiger partial charge in [0.1, 0.15) is 0 Å². The van der Waals surface area contributed by atoms with Gasteiger partial charge in [-0.15, -0.1) is 0 Å². The number of aliphatic hydroxyl groups is 1. The van der Waals surface area contributed by atoms with Gasteiger partial charge in [0.15, 0.2) is 0 Å². The fourth-order valence-corrected chi connectivity index (χ4v) is 2.28. The monoisotopic (exact) mass is 301 g/mol. The van der Waals surface area contributed by atoms with Gasteiger partial charge in [0.05, 0.1) is 18.7 Å². The first kappa shape index (κ1) is 16.4. The minimum atomic E-state index is -0.0315. The van der Waals surface area contributed by atoms with E-state index in [4.69, 9.17) is 5.11 Å². The Morgan fingerprint density at radius 3 is 2.91 bits per heavy atom. The van der Waals surface area contributed by atoms with E-state index in [9.17, 15) is 4.79 Å². The molecule has 0 saturated carbocycles. The summed E-state index contributed by atoms with van der Waals surface area (Å²) in [4.78, 5) is 18.1. The number of benzene rings is 1. The second-order valence-corrected chi connectivity index (χ2v) is 5.54. The highest BCUT2D eigenvalue weighted by molar-refractivity contribution is 5.81. The molecule has 2 rings (SSSR count). The molecule has 1 aromatic carbocycles. The van der Waals surface area contributed by atoms with Crippen molar-refractivity contribution in [1.29, 1.82) is 0 Å². The van der Waals surface area contributed by atoms with Crippen molar-refractivity contribution < 1.29 is 9.90 Å². The Bertz CT molecular complexity index is 625. The Morgan fingerprint density at radius 2 is 2.14 bits per heavy atom. The van der Waals surface area contributed by atoms with E-state index in [0.29, 0.717) is 6.54 Å². The molecule has 118 valence electrons. The number of para-hydroxylation sites is 1. The van der Waals surface area contributed by atoms with Crippen molar-refractivity contribution in [3.8, 4) is 0 Å². The first-order valence-corrected chi connectivity index (χ1v) is 7.52. The van der Waals surface area contributed by atoms with Gasteiger partial charge in [-0.3, -0.25) is 14.7 Å². The third kappa shape index (κ3) is 4.26. The molecular weight excluding hydrogens is 278 g/mol. The number of rotatable bonds is 7. The van der Waals surface area contributed by atoms with Crippen molar-refractivity contribution in [3.63, 3.8) is 0 Å². The number of aliphatic hydroxyl groups excluding tert-OH is 1. The molecule has 1 aromatic heterocycles. The molecule has 0 saturated heterocycles. The number of likely N-dealkylation sites (N-methyl/N-ethyl adjacent to an activating group) is 1. The summed E-state index contributed by atoms with van der Waals surface area (Å²) in [5.41, 5.74) is 2.13. The molecule has 1 amide bonds.